The third-order valence-corrected chi connectivity index (χ3v) is 6.41. The fraction of sp³-hybridized carbons (Fsp3) is 0.320. The summed E-state index contributed by atoms with van der Waals surface area (Å²) < 4.78 is 25.5. The highest BCUT2D eigenvalue weighted by molar-refractivity contribution is 7.92. The molecule has 1 aliphatic heterocycles. The van der Waals surface area contributed by atoms with E-state index in [9.17, 15) is 13.2 Å². The number of aromatic nitrogens is 1. The Hall–Kier alpha value is -3.10. The van der Waals surface area contributed by atoms with Gasteiger partial charge in [-0.3, -0.25) is 14.4 Å². The molecule has 8 heteroatoms. The van der Waals surface area contributed by atoms with Gasteiger partial charge in [0.1, 0.15) is 0 Å². The van der Waals surface area contributed by atoms with Crippen molar-refractivity contribution in [1.82, 2.24) is 15.2 Å². The van der Waals surface area contributed by atoms with Crippen LogP contribution in [0.15, 0.2) is 54.7 Å². The Balaban J connectivity index is 1.17. The molecule has 0 aliphatic carbocycles. The number of hydrogen-bond donors (Lipinski definition) is 3. The summed E-state index contributed by atoms with van der Waals surface area (Å²) in [6.45, 7) is 3.40. The number of benzene rings is 2. The zero-order valence-electron chi connectivity index (χ0n) is 18.8. The summed E-state index contributed by atoms with van der Waals surface area (Å²) in [7, 11) is -3.28. The van der Waals surface area contributed by atoms with Crippen LogP contribution in [-0.4, -0.2) is 50.1 Å². The molecular weight excluding hydrogens is 436 g/mol. The molecule has 0 saturated carbocycles. The lowest BCUT2D eigenvalue weighted by Gasteiger charge is -2.29. The minimum absolute atomic E-state index is 0.0815. The predicted molar refractivity (Wildman–Crippen MR) is 133 cm³/mol. The number of anilines is 1. The van der Waals surface area contributed by atoms with Gasteiger partial charge in [0.05, 0.1) is 6.26 Å². The fourth-order valence-electron chi connectivity index (χ4n) is 4.16. The Kier molecular flexibility index (Phi) is 7.15. The van der Waals surface area contributed by atoms with E-state index in [0.717, 1.165) is 61.6 Å². The van der Waals surface area contributed by atoms with Gasteiger partial charge in [-0.25, -0.2) is 8.42 Å². The summed E-state index contributed by atoms with van der Waals surface area (Å²) in [4.78, 5) is 17.6. The number of rotatable bonds is 9. The molecule has 0 atom stereocenters. The van der Waals surface area contributed by atoms with Crippen LogP contribution >= 0.6 is 0 Å². The van der Waals surface area contributed by atoms with Gasteiger partial charge < -0.3 is 10.3 Å². The number of amides is 1. The largest absolute Gasteiger partial charge is 0.361 e. The maximum Gasteiger partial charge on any atom is 0.243 e. The van der Waals surface area contributed by atoms with E-state index < -0.39 is 10.0 Å². The third kappa shape index (κ3) is 6.69. The van der Waals surface area contributed by atoms with Gasteiger partial charge in [0.25, 0.3) is 0 Å². The van der Waals surface area contributed by atoms with E-state index in [0.29, 0.717) is 12.2 Å². The first kappa shape index (κ1) is 23.1. The van der Waals surface area contributed by atoms with Crippen molar-refractivity contribution in [2.75, 3.05) is 30.6 Å². The van der Waals surface area contributed by atoms with Gasteiger partial charge in [0.2, 0.25) is 15.9 Å². The highest BCUT2D eigenvalue weighted by atomic mass is 32.2. The van der Waals surface area contributed by atoms with Crippen molar-refractivity contribution in [3.63, 3.8) is 0 Å². The van der Waals surface area contributed by atoms with Gasteiger partial charge in [0, 0.05) is 43.1 Å². The molecule has 4 rings (SSSR count). The highest BCUT2D eigenvalue weighted by Crippen LogP contribution is 2.23. The molecule has 0 bridgehead atoms. The van der Waals surface area contributed by atoms with Crippen LogP contribution < -0.4 is 10.0 Å². The SMILES string of the molecule is CS(=O)(=O)Nc1ccc2c(c1)CN(CCCCNC(=O)C=Cc1ccc3[nH]ccc3c1)CC2. The van der Waals surface area contributed by atoms with Crippen LogP contribution in [0.5, 0.6) is 0 Å². The van der Waals surface area contributed by atoms with Gasteiger partial charge in [0.15, 0.2) is 0 Å². The first-order chi connectivity index (χ1) is 15.9. The number of sulfonamides is 1. The van der Waals surface area contributed by atoms with Crippen LogP contribution in [0.3, 0.4) is 0 Å². The fourth-order valence-corrected chi connectivity index (χ4v) is 4.72. The van der Waals surface area contributed by atoms with E-state index in [2.05, 4.69) is 19.9 Å². The van der Waals surface area contributed by atoms with E-state index in [4.69, 9.17) is 0 Å². The molecule has 1 amide bonds. The Labute approximate surface area is 194 Å². The quantitative estimate of drug-likeness (QED) is 0.332. The molecule has 0 fully saturated rings. The lowest BCUT2D eigenvalue weighted by Crippen LogP contribution is -2.32. The zero-order chi connectivity index (χ0) is 23.3. The number of carbonyl (C=O) groups excluding carboxylic acids is 1. The topological polar surface area (TPSA) is 94.3 Å². The van der Waals surface area contributed by atoms with Crippen LogP contribution in [0.2, 0.25) is 0 Å². The van der Waals surface area contributed by atoms with Crippen LogP contribution in [0.1, 0.15) is 29.5 Å². The average Bonchev–Trinajstić information content (AvgIpc) is 3.24. The Morgan fingerprint density at radius 1 is 1.12 bits per heavy atom. The predicted octanol–water partition coefficient (Wildman–Crippen LogP) is 3.51. The lowest BCUT2D eigenvalue weighted by atomic mass is 9.99. The van der Waals surface area contributed by atoms with E-state index in [1.165, 1.54) is 11.1 Å². The van der Waals surface area contributed by atoms with E-state index in [1.807, 2.05) is 54.7 Å². The molecular formula is C25H30N4O3S. The van der Waals surface area contributed by atoms with Crippen molar-refractivity contribution >= 4 is 38.6 Å². The maximum absolute atomic E-state index is 12.1. The molecule has 2 aromatic carbocycles. The van der Waals surface area contributed by atoms with Crippen LogP contribution in [0, 0.1) is 0 Å². The number of H-pyrrole nitrogens is 1. The minimum atomic E-state index is -3.28. The van der Waals surface area contributed by atoms with E-state index >= 15 is 0 Å². The maximum atomic E-state index is 12.1. The van der Waals surface area contributed by atoms with E-state index in [1.54, 1.807) is 6.08 Å². The minimum Gasteiger partial charge on any atom is -0.361 e. The number of fused-ring (bicyclic) bond motifs is 2. The van der Waals surface area contributed by atoms with Crippen LogP contribution in [0.25, 0.3) is 17.0 Å². The number of carbonyl (C=O) groups is 1. The van der Waals surface area contributed by atoms with Gasteiger partial charge in [-0.15, -0.1) is 0 Å². The Morgan fingerprint density at radius 2 is 2.00 bits per heavy atom. The van der Waals surface area contributed by atoms with Crippen LogP contribution in [0.4, 0.5) is 5.69 Å². The van der Waals surface area contributed by atoms with Crippen molar-refractivity contribution in [1.29, 1.82) is 0 Å². The molecule has 7 nitrogen and oxygen atoms in total. The highest BCUT2D eigenvalue weighted by Gasteiger charge is 2.16. The molecule has 1 aliphatic rings. The van der Waals surface area contributed by atoms with E-state index in [-0.39, 0.29) is 5.91 Å². The first-order valence-electron chi connectivity index (χ1n) is 11.2. The summed E-state index contributed by atoms with van der Waals surface area (Å²) in [5, 5.41) is 4.08. The molecule has 33 heavy (non-hydrogen) atoms. The summed E-state index contributed by atoms with van der Waals surface area (Å²) in [6, 6.07) is 13.8. The standard InChI is InChI=1S/C25H30N4O3S/c1-33(31,32)28-23-7-6-20-11-15-29(18-22(20)17-23)14-3-2-12-27-25(30)9-5-19-4-8-24-21(16-19)10-13-26-24/h4-10,13,16-17,26,28H,2-3,11-12,14-15,18H2,1H3,(H,27,30). The lowest BCUT2D eigenvalue weighted by molar-refractivity contribution is -0.116. The summed E-state index contributed by atoms with van der Waals surface area (Å²) in [5.74, 6) is -0.0815. The Bertz CT molecular complexity index is 1260. The normalized spacial score (nSPS) is 14.5. The van der Waals surface area contributed by atoms with Crippen molar-refractivity contribution in [3.05, 3.63) is 71.4 Å². The third-order valence-electron chi connectivity index (χ3n) is 5.81. The molecule has 0 unspecified atom stereocenters. The van der Waals surface area contributed by atoms with Gasteiger partial charge >= 0.3 is 0 Å². The first-order valence-corrected chi connectivity index (χ1v) is 13.1. The monoisotopic (exact) mass is 466 g/mol. The summed E-state index contributed by atoms with van der Waals surface area (Å²) >= 11 is 0. The number of unbranched alkanes of at least 4 members (excludes halogenated alkanes) is 1. The average molecular weight is 467 g/mol. The molecule has 3 aromatic rings. The second-order valence-electron chi connectivity index (χ2n) is 8.54. The van der Waals surface area contributed by atoms with Gasteiger partial charge in [-0.1, -0.05) is 12.1 Å². The van der Waals surface area contributed by atoms with Crippen molar-refractivity contribution in [2.24, 2.45) is 0 Å². The summed E-state index contributed by atoms with van der Waals surface area (Å²) in [6.07, 6.45) is 9.34. The second-order valence-corrected chi connectivity index (χ2v) is 10.3. The number of nitrogens with zero attached hydrogens (tertiary/aromatic N) is 1. The molecule has 0 radical (unpaired) electrons. The molecule has 3 N–H and O–H groups in total. The van der Waals surface area contributed by atoms with Gasteiger partial charge in [-0.05, 0) is 84.3 Å². The van der Waals surface area contributed by atoms with Crippen LogP contribution in [-0.2, 0) is 27.8 Å². The van der Waals surface area contributed by atoms with Crippen molar-refractivity contribution in [2.45, 2.75) is 25.8 Å². The molecule has 174 valence electrons. The smallest absolute Gasteiger partial charge is 0.243 e. The van der Waals surface area contributed by atoms with Gasteiger partial charge in [-0.2, -0.15) is 0 Å². The number of hydrogen-bond acceptors (Lipinski definition) is 4. The second kappa shape index (κ2) is 10.2. The molecule has 2 heterocycles. The van der Waals surface area contributed by atoms with Crippen molar-refractivity contribution in [3.8, 4) is 0 Å². The zero-order valence-corrected chi connectivity index (χ0v) is 19.6. The molecule has 0 spiro atoms. The Morgan fingerprint density at radius 3 is 2.85 bits per heavy atom. The van der Waals surface area contributed by atoms with Crippen molar-refractivity contribution < 1.29 is 13.2 Å². The number of nitrogens with one attached hydrogen (secondary N) is 3. The summed E-state index contributed by atoms with van der Waals surface area (Å²) in [5.41, 5.74) is 5.14. The molecule has 0 saturated heterocycles. The molecule has 1 aromatic heterocycles. The number of aromatic amines is 1.